The predicted molar refractivity (Wildman–Crippen MR) is 155 cm³/mol. The van der Waals surface area contributed by atoms with Gasteiger partial charge in [0.05, 0.1) is 24.0 Å². The van der Waals surface area contributed by atoms with E-state index in [0.29, 0.717) is 19.6 Å². The third-order valence-corrected chi connectivity index (χ3v) is 7.43. The van der Waals surface area contributed by atoms with Crippen LogP contribution in [0.15, 0.2) is 114 Å². The van der Waals surface area contributed by atoms with Crippen molar-refractivity contribution in [2.45, 2.75) is 38.3 Å². The van der Waals surface area contributed by atoms with Crippen LogP contribution in [-0.2, 0) is 11.4 Å². The fourth-order valence-corrected chi connectivity index (χ4v) is 5.48. The molecule has 196 valence electrons. The van der Waals surface area contributed by atoms with Crippen LogP contribution in [0.2, 0.25) is 0 Å². The third-order valence-electron chi connectivity index (χ3n) is 7.43. The Hall–Kier alpha value is -4.51. The van der Waals surface area contributed by atoms with Crippen molar-refractivity contribution in [2.24, 2.45) is 0 Å². The lowest BCUT2D eigenvalue weighted by atomic mass is 9.78. The summed E-state index contributed by atoms with van der Waals surface area (Å²) in [7, 11) is 0. The lowest BCUT2D eigenvalue weighted by Crippen LogP contribution is -2.26. The molecule has 2 N–H and O–H groups in total. The Labute approximate surface area is 229 Å². The number of hydrogen-bond acceptors (Lipinski definition) is 5. The molecule has 2 atom stereocenters. The number of carbonyl (C=O) groups is 1. The number of ketones is 1. The lowest BCUT2D eigenvalue weighted by molar-refractivity contribution is -0.116. The highest BCUT2D eigenvalue weighted by Gasteiger charge is 2.36. The number of para-hydroxylation sites is 2. The highest BCUT2D eigenvalue weighted by atomic mass is 16.5. The number of fused-ring (bicyclic) bond motifs is 1. The molecule has 0 radical (unpaired) electrons. The lowest BCUT2D eigenvalue weighted by Gasteiger charge is -2.30. The van der Waals surface area contributed by atoms with Gasteiger partial charge in [0, 0.05) is 17.7 Å². The highest BCUT2D eigenvalue weighted by Crippen LogP contribution is 2.44. The SMILES string of the molecule is CCOc1ccc(C2CC(=O)C3=C(C2)Nc2ccccc2NC3c2ccc(OCc3ccccc3)cc2)cc1. The van der Waals surface area contributed by atoms with Gasteiger partial charge < -0.3 is 20.1 Å². The van der Waals surface area contributed by atoms with E-state index < -0.39 is 0 Å². The van der Waals surface area contributed by atoms with E-state index in [0.717, 1.165) is 57.3 Å². The maximum Gasteiger partial charge on any atom is 0.163 e. The standard InChI is InChI=1S/C34H32N2O3/c1-2-38-27-16-12-24(13-17-27)26-20-31-33(32(37)21-26)34(36-30-11-7-6-10-29(30)35-31)25-14-18-28(19-15-25)39-22-23-8-4-3-5-9-23/h3-19,26,34-36H,2,20-22H2,1H3. The van der Waals surface area contributed by atoms with E-state index in [9.17, 15) is 4.79 Å². The van der Waals surface area contributed by atoms with E-state index in [1.165, 1.54) is 0 Å². The topological polar surface area (TPSA) is 59.6 Å². The zero-order valence-corrected chi connectivity index (χ0v) is 22.0. The quantitative estimate of drug-likeness (QED) is 0.264. The molecule has 0 amide bonds. The van der Waals surface area contributed by atoms with E-state index in [1.54, 1.807) is 0 Å². The Balaban J connectivity index is 1.29. The largest absolute Gasteiger partial charge is 0.494 e. The van der Waals surface area contributed by atoms with Crippen LogP contribution < -0.4 is 20.1 Å². The summed E-state index contributed by atoms with van der Waals surface area (Å²) in [6.07, 6.45) is 1.24. The van der Waals surface area contributed by atoms with Crippen molar-refractivity contribution in [2.75, 3.05) is 17.2 Å². The number of nitrogens with one attached hydrogen (secondary N) is 2. The van der Waals surface area contributed by atoms with E-state index >= 15 is 0 Å². The second-order valence-corrected chi connectivity index (χ2v) is 10.0. The molecule has 1 aliphatic heterocycles. The fourth-order valence-electron chi connectivity index (χ4n) is 5.48. The Kier molecular flexibility index (Phi) is 7.05. The summed E-state index contributed by atoms with van der Waals surface area (Å²) < 4.78 is 11.6. The van der Waals surface area contributed by atoms with Crippen LogP contribution >= 0.6 is 0 Å². The number of ether oxygens (including phenoxy) is 2. The number of benzene rings is 4. The number of anilines is 2. The van der Waals surface area contributed by atoms with Crippen molar-refractivity contribution < 1.29 is 14.3 Å². The third kappa shape index (κ3) is 5.39. The van der Waals surface area contributed by atoms with Crippen LogP contribution in [0.1, 0.15) is 48.4 Å². The molecular formula is C34H32N2O3. The maximum absolute atomic E-state index is 13.8. The summed E-state index contributed by atoms with van der Waals surface area (Å²) in [5, 5.41) is 7.28. The molecule has 1 heterocycles. The average Bonchev–Trinajstić information content (AvgIpc) is 3.14. The van der Waals surface area contributed by atoms with Crippen LogP contribution in [0.4, 0.5) is 11.4 Å². The first-order chi connectivity index (χ1) is 19.2. The summed E-state index contributed by atoms with van der Waals surface area (Å²) in [6.45, 7) is 3.13. The van der Waals surface area contributed by atoms with Crippen LogP contribution in [-0.4, -0.2) is 12.4 Å². The number of carbonyl (C=O) groups excluding carboxylic acids is 1. The van der Waals surface area contributed by atoms with E-state index in [2.05, 4.69) is 59.2 Å². The summed E-state index contributed by atoms with van der Waals surface area (Å²) in [4.78, 5) is 13.8. The second-order valence-electron chi connectivity index (χ2n) is 10.0. The van der Waals surface area contributed by atoms with Crippen LogP contribution in [0.25, 0.3) is 0 Å². The summed E-state index contributed by atoms with van der Waals surface area (Å²) in [5.74, 6) is 1.93. The van der Waals surface area contributed by atoms with E-state index in [4.69, 9.17) is 9.47 Å². The maximum atomic E-state index is 13.8. The van der Waals surface area contributed by atoms with Gasteiger partial charge in [0.25, 0.3) is 0 Å². The first-order valence-electron chi connectivity index (χ1n) is 13.6. The van der Waals surface area contributed by atoms with Crippen molar-refractivity contribution in [3.63, 3.8) is 0 Å². The fraction of sp³-hybridized carbons (Fsp3) is 0.206. The molecule has 0 bridgehead atoms. The summed E-state index contributed by atoms with van der Waals surface area (Å²) in [6, 6.07) is 34.3. The van der Waals surface area contributed by atoms with Crippen LogP contribution in [0.3, 0.4) is 0 Å². The second kappa shape index (κ2) is 11.1. The molecule has 0 spiro atoms. The minimum atomic E-state index is -0.256. The molecule has 5 nitrogen and oxygen atoms in total. The molecule has 0 saturated heterocycles. The number of allylic oxidation sites excluding steroid dienone is 1. The smallest absolute Gasteiger partial charge is 0.163 e. The zero-order valence-electron chi connectivity index (χ0n) is 22.0. The van der Waals surface area contributed by atoms with Crippen molar-refractivity contribution in [1.29, 1.82) is 0 Å². The molecule has 2 unspecified atom stereocenters. The molecule has 0 saturated carbocycles. The van der Waals surface area contributed by atoms with Gasteiger partial charge in [-0.1, -0.05) is 66.7 Å². The van der Waals surface area contributed by atoms with Crippen molar-refractivity contribution in [1.82, 2.24) is 0 Å². The van der Waals surface area contributed by atoms with Gasteiger partial charge in [-0.15, -0.1) is 0 Å². The molecule has 2 aliphatic rings. The first-order valence-corrected chi connectivity index (χ1v) is 13.6. The van der Waals surface area contributed by atoms with E-state index in [1.807, 2.05) is 61.5 Å². The van der Waals surface area contributed by atoms with Crippen molar-refractivity contribution in [3.05, 3.63) is 131 Å². The Morgan fingerprint density at radius 2 is 1.36 bits per heavy atom. The van der Waals surface area contributed by atoms with Gasteiger partial charge in [0.15, 0.2) is 5.78 Å². The van der Waals surface area contributed by atoms with Gasteiger partial charge in [-0.3, -0.25) is 4.79 Å². The van der Waals surface area contributed by atoms with Gasteiger partial charge >= 0.3 is 0 Å². The highest BCUT2D eigenvalue weighted by molar-refractivity contribution is 6.01. The Morgan fingerprint density at radius 3 is 2.08 bits per heavy atom. The number of rotatable bonds is 7. The Bertz CT molecular complexity index is 1480. The minimum Gasteiger partial charge on any atom is -0.494 e. The summed E-state index contributed by atoms with van der Waals surface area (Å²) in [5.41, 5.74) is 7.06. The zero-order chi connectivity index (χ0) is 26.6. The van der Waals surface area contributed by atoms with Gasteiger partial charge in [-0.05, 0) is 72.4 Å². The summed E-state index contributed by atoms with van der Waals surface area (Å²) >= 11 is 0. The molecule has 39 heavy (non-hydrogen) atoms. The van der Waals surface area contributed by atoms with Crippen LogP contribution in [0.5, 0.6) is 11.5 Å². The molecule has 0 fully saturated rings. The molecule has 4 aromatic carbocycles. The molecular weight excluding hydrogens is 484 g/mol. The van der Waals surface area contributed by atoms with Crippen molar-refractivity contribution in [3.8, 4) is 11.5 Å². The van der Waals surface area contributed by atoms with Gasteiger partial charge in [0.1, 0.15) is 18.1 Å². The monoisotopic (exact) mass is 516 g/mol. The Morgan fingerprint density at radius 1 is 0.718 bits per heavy atom. The minimum absolute atomic E-state index is 0.110. The molecule has 6 rings (SSSR count). The molecule has 0 aromatic heterocycles. The normalized spacial score (nSPS) is 18.2. The van der Waals surface area contributed by atoms with Crippen LogP contribution in [0, 0.1) is 0 Å². The first kappa shape index (κ1) is 24.8. The molecule has 5 heteroatoms. The number of hydrogen-bond donors (Lipinski definition) is 2. The predicted octanol–water partition coefficient (Wildman–Crippen LogP) is 7.64. The molecule has 4 aromatic rings. The van der Waals surface area contributed by atoms with Gasteiger partial charge in [-0.25, -0.2) is 0 Å². The van der Waals surface area contributed by atoms with Gasteiger partial charge in [-0.2, -0.15) is 0 Å². The van der Waals surface area contributed by atoms with Gasteiger partial charge in [0.2, 0.25) is 0 Å². The number of Topliss-reactive ketones (excluding diaryl/α,β-unsaturated/α-hetero) is 1. The average molecular weight is 517 g/mol. The van der Waals surface area contributed by atoms with Crippen molar-refractivity contribution >= 4 is 17.2 Å². The molecule has 1 aliphatic carbocycles. The van der Waals surface area contributed by atoms with E-state index in [-0.39, 0.29) is 17.7 Å².